The number of nitrogens with zero attached hydrogens (tertiary/aromatic N) is 3. The maximum Gasteiger partial charge on any atom is 0.322 e. The zero-order valence-electron chi connectivity index (χ0n) is 25.6. The molecule has 9 nitrogen and oxygen atoms in total. The number of amides is 2. The molecule has 0 spiro atoms. The van der Waals surface area contributed by atoms with Gasteiger partial charge in [0.2, 0.25) is 0 Å². The maximum absolute atomic E-state index is 12.5. The summed E-state index contributed by atoms with van der Waals surface area (Å²) >= 11 is 0. The number of aromatic nitrogens is 4. The molecule has 8 rings (SSSR count). The van der Waals surface area contributed by atoms with Crippen LogP contribution in [0.3, 0.4) is 0 Å². The van der Waals surface area contributed by atoms with E-state index in [1.54, 1.807) is 0 Å². The molecule has 0 radical (unpaired) electrons. The van der Waals surface area contributed by atoms with Gasteiger partial charge in [-0.2, -0.15) is 10.2 Å². The molecule has 46 heavy (non-hydrogen) atoms. The van der Waals surface area contributed by atoms with Crippen LogP contribution in [0.1, 0.15) is 22.5 Å². The lowest BCUT2D eigenvalue weighted by atomic mass is 10.0. The minimum absolute atomic E-state index is 0.0768. The standard InChI is InChI=1S/C19H18N4O.C12H13N3.C6H7N/c24-19(20-15-9-5-2-6-10-15)23-12-11-17-16(13-23)18(22-21-17)14-7-3-1-4-8-14;1-2-4-9(5-3-1)12-10-8-13-7-6-11(10)14-15-12;7-6-4-2-1-3-5-6/h1-10H,11-13H2,(H,20,24)(H,21,22);1-5,13H,6-8H2,(H,14,15);1-5H,7H2. The van der Waals surface area contributed by atoms with E-state index in [0.29, 0.717) is 13.1 Å². The van der Waals surface area contributed by atoms with E-state index >= 15 is 0 Å². The van der Waals surface area contributed by atoms with Gasteiger partial charge in [0.25, 0.3) is 0 Å². The average Bonchev–Trinajstić information content (AvgIpc) is 3.75. The van der Waals surface area contributed by atoms with Crippen molar-refractivity contribution in [3.05, 3.63) is 144 Å². The lowest BCUT2D eigenvalue weighted by molar-refractivity contribution is 0.206. The molecule has 0 aliphatic carbocycles. The topological polar surface area (TPSA) is 128 Å². The van der Waals surface area contributed by atoms with Crippen LogP contribution in [0.5, 0.6) is 0 Å². The molecule has 0 unspecified atom stereocenters. The summed E-state index contributed by atoms with van der Waals surface area (Å²) in [6, 6.07) is 39.3. The zero-order valence-corrected chi connectivity index (χ0v) is 25.6. The number of benzene rings is 4. The molecule has 2 aliphatic heterocycles. The fourth-order valence-corrected chi connectivity index (χ4v) is 5.54. The van der Waals surface area contributed by atoms with Crippen molar-refractivity contribution in [3.8, 4) is 22.5 Å². The van der Waals surface area contributed by atoms with Gasteiger partial charge in [0, 0.05) is 77.5 Å². The first-order chi connectivity index (χ1) is 22.7. The molecule has 0 saturated heterocycles. The van der Waals surface area contributed by atoms with Crippen LogP contribution in [0.2, 0.25) is 0 Å². The van der Waals surface area contributed by atoms with E-state index in [1.165, 1.54) is 16.8 Å². The number of hydrogen-bond acceptors (Lipinski definition) is 5. The van der Waals surface area contributed by atoms with Gasteiger partial charge < -0.3 is 21.3 Å². The lowest BCUT2D eigenvalue weighted by Gasteiger charge is -2.27. The molecule has 0 bridgehead atoms. The van der Waals surface area contributed by atoms with Crippen molar-refractivity contribution in [3.63, 3.8) is 0 Å². The monoisotopic (exact) mass is 610 g/mol. The number of hydrogen-bond donors (Lipinski definition) is 5. The Kier molecular flexibility index (Phi) is 9.82. The summed E-state index contributed by atoms with van der Waals surface area (Å²) in [4.78, 5) is 14.4. The van der Waals surface area contributed by atoms with Crippen LogP contribution in [0.25, 0.3) is 22.5 Å². The van der Waals surface area contributed by atoms with Crippen LogP contribution in [0, 0.1) is 0 Å². The predicted molar refractivity (Wildman–Crippen MR) is 184 cm³/mol. The van der Waals surface area contributed by atoms with Crippen molar-refractivity contribution in [2.75, 3.05) is 24.1 Å². The van der Waals surface area contributed by atoms with Crippen LogP contribution in [-0.4, -0.2) is 44.4 Å². The minimum Gasteiger partial charge on any atom is -0.399 e. The maximum atomic E-state index is 12.5. The van der Waals surface area contributed by atoms with Crippen molar-refractivity contribution >= 4 is 17.4 Å². The van der Waals surface area contributed by atoms with E-state index in [2.05, 4.69) is 43.2 Å². The molecule has 2 aromatic heterocycles. The van der Waals surface area contributed by atoms with Crippen molar-refractivity contribution < 1.29 is 4.79 Å². The number of H-pyrrole nitrogens is 2. The third-order valence-corrected chi connectivity index (χ3v) is 7.95. The third kappa shape index (κ3) is 7.51. The molecule has 2 aliphatic rings. The highest BCUT2D eigenvalue weighted by molar-refractivity contribution is 5.89. The van der Waals surface area contributed by atoms with Crippen LogP contribution in [-0.2, 0) is 25.9 Å². The molecule has 4 heterocycles. The number of urea groups is 1. The van der Waals surface area contributed by atoms with Crippen molar-refractivity contribution in [1.82, 2.24) is 30.6 Å². The molecular weight excluding hydrogens is 572 g/mol. The van der Waals surface area contributed by atoms with E-state index in [0.717, 1.165) is 65.5 Å². The van der Waals surface area contributed by atoms with E-state index in [1.807, 2.05) is 114 Å². The Morgan fingerprint density at radius 1 is 0.674 bits per heavy atom. The third-order valence-electron chi connectivity index (χ3n) is 7.95. The van der Waals surface area contributed by atoms with Crippen molar-refractivity contribution in [2.24, 2.45) is 0 Å². The van der Waals surface area contributed by atoms with Crippen molar-refractivity contribution in [1.29, 1.82) is 0 Å². The van der Waals surface area contributed by atoms with E-state index in [4.69, 9.17) is 5.73 Å². The Balaban J connectivity index is 0.000000142. The molecule has 4 aromatic carbocycles. The first kappa shape index (κ1) is 30.4. The summed E-state index contributed by atoms with van der Waals surface area (Å²) in [7, 11) is 0. The number of carbonyl (C=O) groups excluding carboxylic acids is 1. The number of anilines is 2. The Morgan fingerprint density at radius 2 is 1.20 bits per heavy atom. The largest absolute Gasteiger partial charge is 0.399 e. The molecular formula is C37H38N8O. The smallest absolute Gasteiger partial charge is 0.322 e. The number of carbonyl (C=O) groups is 1. The van der Waals surface area contributed by atoms with Crippen LogP contribution in [0.4, 0.5) is 16.2 Å². The number of rotatable bonds is 3. The number of nitrogen functional groups attached to an aromatic ring is 1. The molecule has 232 valence electrons. The lowest BCUT2D eigenvalue weighted by Crippen LogP contribution is -2.38. The number of para-hydroxylation sites is 2. The second-order valence-electron chi connectivity index (χ2n) is 11.1. The summed E-state index contributed by atoms with van der Waals surface area (Å²) in [6.07, 6.45) is 1.84. The van der Waals surface area contributed by atoms with Gasteiger partial charge in [0.05, 0.1) is 17.9 Å². The first-order valence-corrected chi connectivity index (χ1v) is 15.5. The first-order valence-electron chi connectivity index (χ1n) is 15.5. The SMILES string of the molecule is Nc1ccccc1.O=C(Nc1ccccc1)N1CCc2[nH]nc(-c3ccccc3)c2C1.c1ccc(-c2n[nH]c3c2CNCC3)cc1. The second kappa shape index (κ2) is 14.9. The Hall–Kier alpha value is -5.67. The van der Waals surface area contributed by atoms with Gasteiger partial charge in [0.15, 0.2) is 0 Å². The molecule has 9 heteroatoms. The molecule has 0 saturated carbocycles. The highest BCUT2D eigenvalue weighted by atomic mass is 16.2. The van der Waals surface area contributed by atoms with Crippen molar-refractivity contribution in [2.45, 2.75) is 25.9 Å². The summed E-state index contributed by atoms with van der Waals surface area (Å²) < 4.78 is 0. The summed E-state index contributed by atoms with van der Waals surface area (Å²) in [5.74, 6) is 0. The van der Waals surface area contributed by atoms with Gasteiger partial charge >= 0.3 is 6.03 Å². The van der Waals surface area contributed by atoms with Gasteiger partial charge in [-0.05, 0) is 24.3 Å². The quantitative estimate of drug-likeness (QED) is 0.143. The van der Waals surface area contributed by atoms with Crippen LogP contribution < -0.4 is 16.4 Å². The molecule has 6 N–H and O–H groups in total. The predicted octanol–water partition coefficient (Wildman–Crippen LogP) is 6.66. The van der Waals surface area contributed by atoms with Crippen LogP contribution >= 0.6 is 0 Å². The number of nitrogens with two attached hydrogens (primary N) is 1. The number of fused-ring (bicyclic) bond motifs is 2. The average molecular weight is 611 g/mol. The summed E-state index contributed by atoms with van der Waals surface area (Å²) in [5, 5.41) is 21.5. The zero-order chi connectivity index (χ0) is 31.6. The Bertz CT molecular complexity index is 1820. The molecule has 0 fully saturated rings. The second-order valence-corrected chi connectivity index (χ2v) is 11.1. The Labute approximate surface area is 268 Å². The fraction of sp³-hybridized carbons (Fsp3) is 0.162. The van der Waals surface area contributed by atoms with E-state index in [9.17, 15) is 4.79 Å². The fourth-order valence-electron chi connectivity index (χ4n) is 5.54. The van der Waals surface area contributed by atoms with Gasteiger partial charge in [0.1, 0.15) is 0 Å². The molecule has 6 aromatic rings. The van der Waals surface area contributed by atoms with Gasteiger partial charge in [-0.3, -0.25) is 10.2 Å². The minimum atomic E-state index is -0.0768. The van der Waals surface area contributed by atoms with Gasteiger partial charge in [-0.1, -0.05) is 97.1 Å². The van der Waals surface area contributed by atoms with Crippen LogP contribution in [0.15, 0.2) is 121 Å². The highest BCUT2D eigenvalue weighted by Crippen LogP contribution is 2.29. The van der Waals surface area contributed by atoms with Gasteiger partial charge in [-0.15, -0.1) is 0 Å². The van der Waals surface area contributed by atoms with E-state index < -0.39 is 0 Å². The highest BCUT2D eigenvalue weighted by Gasteiger charge is 2.25. The summed E-state index contributed by atoms with van der Waals surface area (Å²) in [6.45, 7) is 3.22. The number of aromatic amines is 2. The van der Waals surface area contributed by atoms with Gasteiger partial charge in [-0.25, -0.2) is 4.79 Å². The van der Waals surface area contributed by atoms with E-state index in [-0.39, 0.29) is 6.03 Å². The molecule has 2 amide bonds. The number of nitrogens with one attached hydrogen (secondary N) is 4. The normalized spacial score (nSPS) is 13.2. The Morgan fingerprint density at radius 3 is 1.76 bits per heavy atom. The summed E-state index contributed by atoms with van der Waals surface area (Å²) in [5.41, 5.74) is 16.1. The molecule has 0 atom stereocenters.